The summed E-state index contributed by atoms with van der Waals surface area (Å²) in [5, 5.41) is 0.592. The number of alkyl halides is 4. The van der Waals surface area contributed by atoms with Crippen LogP contribution >= 0.6 is 15.9 Å². The lowest BCUT2D eigenvalue weighted by Crippen LogP contribution is -2.36. The van der Waals surface area contributed by atoms with Crippen LogP contribution in [0.1, 0.15) is 6.42 Å². The molecule has 0 fully saturated rings. The molecule has 3 rings (SSSR count). The van der Waals surface area contributed by atoms with Gasteiger partial charge in [-0.2, -0.15) is 8.42 Å². The molecular weight excluding hydrogens is 437 g/mol. The number of benzene rings is 2. The quantitative estimate of drug-likeness (QED) is 0.626. The second kappa shape index (κ2) is 6.99. The second-order valence-electron chi connectivity index (χ2n) is 5.39. The standard InChI is InChI=1S/C16H14BrF3N2O3S/c17-10-5-11-21-12-6-1-2-7-13(12)22(26(21,23)24)14-8-3-4-9-15(14)25-16(18,19)20/h1-4,6-9H,5,10-11H2. The zero-order chi connectivity index (χ0) is 18.9. The van der Waals surface area contributed by atoms with Crippen molar-refractivity contribution in [3.8, 4) is 5.75 Å². The molecule has 26 heavy (non-hydrogen) atoms. The molecule has 1 heterocycles. The Balaban J connectivity index is 2.14. The minimum atomic E-state index is -4.94. The van der Waals surface area contributed by atoms with Crippen LogP contribution in [0.4, 0.5) is 30.2 Å². The summed E-state index contributed by atoms with van der Waals surface area (Å²) in [6.07, 6.45) is -4.39. The maximum atomic E-state index is 13.1. The molecule has 0 saturated heterocycles. The van der Waals surface area contributed by atoms with Gasteiger partial charge in [-0.05, 0) is 30.7 Å². The molecule has 0 saturated carbocycles. The van der Waals surface area contributed by atoms with E-state index in [4.69, 9.17) is 0 Å². The van der Waals surface area contributed by atoms with E-state index in [0.717, 1.165) is 10.4 Å². The number of nitrogens with zero attached hydrogens (tertiary/aromatic N) is 2. The van der Waals surface area contributed by atoms with Crippen molar-refractivity contribution in [1.29, 1.82) is 0 Å². The van der Waals surface area contributed by atoms with E-state index in [1.165, 1.54) is 22.5 Å². The van der Waals surface area contributed by atoms with E-state index in [1.54, 1.807) is 24.3 Å². The van der Waals surface area contributed by atoms with Crippen LogP contribution in [0.5, 0.6) is 5.75 Å². The SMILES string of the molecule is O=S1(=O)N(CCCBr)c2ccccc2N1c1ccccc1OC(F)(F)F. The second-order valence-corrected chi connectivity index (χ2v) is 7.89. The number of rotatable bonds is 5. The lowest BCUT2D eigenvalue weighted by molar-refractivity contribution is -0.274. The Labute approximate surface area is 157 Å². The normalized spacial score (nSPS) is 15.8. The van der Waals surface area contributed by atoms with E-state index >= 15 is 0 Å². The summed E-state index contributed by atoms with van der Waals surface area (Å²) in [4.78, 5) is 0. The van der Waals surface area contributed by atoms with Crippen LogP contribution in [-0.4, -0.2) is 26.7 Å². The number of hydrogen-bond acceptors (Lipinski definition) is 3. The third-order valence-electron chi connectivity index (χ3n) is 3.68. The van der Waals surface area contributed by atoms with E-state index in [2.05, 4.69) is 20.7 Å². The van der Waals surface area contributed by atoms with Gasteiger partial charge in [0, 0.05) is 11.9 Å². The Bertz CT molecular complexity index is 906. The van der Waals surface area contributed by atoms with Gasteiger partial charge >= 0.3 is 16.6 Å². The van der Waals surface area contributed by atoms with Gasteiger partial charge in [0.15, 0.2) is 5.75 Å². The predicted molar refractivity (Wildman–Crippen MR) is 96.4 cm³/mol. The zero-order valence-corrected chi connectivity index (χ0v) is 15.7. The molecule has 0 unspecified atom stereocenters. The van der Waals surface area contributed by atoms with Gasteiger partial charge in [-0.15, -0.1) is 13.2 Å². The smallest absolute Gasteiger partial charge is 0.404 e. The molecule has 0 N–H and O–H groups in total. The maximum absolute atomic E-state index is 13.1. The Hall–Kier alpha value is -1.94. The first-order chi connectivity index (χ1) is 12.3. The molecule has 5 nitrogen and oxygen atoms in total. The highest BCUT2D eigenvalue weighted by Gasteiger charge is 2.43. The van der Waals surface area contributed by atoms with Gasteiger partial charge in [0.1, 0.15) is 5.69 Å². The first-order valence-corrected chi connectivity index (χ1v) is 10.1. The predicted octanol–water partition coefficient (Wildman–Crippen LogP) is 4.57. The summed E-state index contributed by atoms with van der Waals surface area (Å²) >= 11 is 3.26. The molecule has 2 aromatic carbocycles. The van der Waals surface area contributed by atoms with Gasteiger partial charge < -0.3 is 4.74 Å². The largest absolute Gasteiger partial charge is 0.573 e. The van der Waals surface area contributed by atoms with Gasteiger partial charge in [-0.25, -0.2) is 4.31 Å². The number of anilines is 3. The highest BCUT2D eigenvalue weighted by Crippen LogP contribution is 2.48. The topological polar surface area (TPSA) is 49.9 Å². The number of ether oxygens (including phenoxy) is 1. The third-order valence-corrected chi connectivity index (χ3v) is 6.03. The van der Waals surface area contributed by atoms with E-state index < -0.39 is 22.3 Å². The summed E-state index contributed by atoms with van der Waals surface area (Å²) in [7, 11) is -4.09. The van der Waals surface area contributed by atoms with Crippen molar-refractivity contribution < 1.29 is 26.3 Å². The minimum Gasteiger partial charge on any atom is -0.404 e. The molecule has 10 heteroatoms. The van der Waals surface area contributed by atoms with Crippen LogP contribution in [0.2, 0.25) is 0 Å². The zero-order valence-electron chi connectivity index (χ0n) is 13.3. The summed E-state index contributed by atoms with van der Waals surface area (Å²) in [5.41, 5.74) is 0.495. The molecule has 0 aromatic heterocycles. The lowest BCUT2D eigenvalue weighted by Gasteiger charge is -2.23. The van der Waals surface area contributed by atoms with E-state index in [0.29, 0.717) is 17.4 Å². The molecule has 0 spiro atoms. The average Bonchev–Trinajstić information content (AvgIpc) is 2.78. The van der Waals surface area contributed by atoms with Crippen molar-refractivity contribution in [2.24, 2.45) is 0 Å². The Morgan fingerprint density at radius 3 is 2.15 bits per heavy atom. The Kier molecular flexibility index (Phi) is 5.07. The number of hydrogen-bond donors (Lipinski definition) is 0. The first-order valence-electron chi connectivity index (χ1n) is 7.58. The Morgan fingerprint density at radius 2 is 1.54 bits per heavy atom. The third kappa shape index (κ3) is 3.48. The molecule has 140 valence electrons. The molecule has 0 aliphatic carbocycles. The summed E-state index contributed by atoms with van der Waals surface area (Å²) in [6, 6.07) is 11.6. The summed E-state index contributed by atoms with van der Waals surface area (Å²) < 4.78 is 70.5. The Morgan fingerprint density at radius 1 is 0.962 bits per heavy atom. The van der Waals surface area contributed by atoms with Crippen molar-refractivity contribution in [3.63, 3.8) is 0 Å². The van der Waals surface area contributed by atoms with Crippen molar-refractivity contribution in [1.82, 2.24) is 0 Å². The van der Waals surface area contributed by atoms with Crippen LogP contribution in [0.15, 0.2) is 48.5 Å². The lowest BCUT2D eigenvalue weighted by atomic mass is 10.2. The van der Waals surface area contributed by atoms with E-state index in [-0.39, 0.29) is 17.9 Å². The van der Waals surface area contributed by atoms with Crippen molar-refractivity contribution in [3.05, 3.63) is 48.5 Å². The number of fused-ring (bicyclic) bond motifs is 1. The fraction of sp³-hybridized carbons (Fsp3) is 0.250. The van der Waals surface area contributed by atoms with Crippen LogP contribution in [-0.2, 0) is 10.2 Å². The van der Waals surface area contributed by atoms with Crippen LogP contribution < -0.4 is 13.3 Å². The highest BCUT2D eigenvalue weighted by atomic mass is 79.9. The molecule has 0 atom stereocenters. The highest BCUT2D eigenvalue weighted by molar-refractivity contribution is 9.09. The van der Waals surface area contributed by atoms with Crippen molar-refractivity contribution >= 4 is 43.2 Å². The molecule has 0 bridgehead atoms. The van der Waals surface area contributed by atoms with E-state index in [9.17, 15) is 21.6 Å². The first kappa shape index (κ1) is 18.8. The molecular formula is C16H14BrF3N2O3S. The van der Waals surface area contributed by atoms with Crippen LogP contribution in [0, 0.1) is 0 Å². The minimum absolute atomic E-state index is 0.196. The molecule has 1 aliphatic rings. The molecule has 2 aromatic rings. The van der Waals surface area contributed by atoms with E-state index in [1.807, 2.05) is 0 Å². The van der Waals surface area contributed by atoms with Gasteiger partial charge in [0.05, 0.1) is 11.4 Å². The van der Waals surface area contributed by atoms with Gasteiger partial charge in [-0.1, -0.05) is 40.2 Å². The van der Waals surface area contributed by atoms with Gasteiger partial charge in [-0.3, -0.25) is 4.31 Å². The van der Waals surface area contributed by atoms with Gasteiger partial charge in [0.25, 0.3) is 0 Å². The van der Waals surface area contributed by atoms with Crippen molar-refractivity contribution in [2.75, 3.05) is 20.5 Å². The molecule has 0 amide bonds. The number of para-hydroxylation sites is 4. The molecule has 1 aliphatic heterocycles. The monoisotopic (exact) mass is 450 g/mol. The van der Waals surface area contributed by atoms with Crippen LogP contribution in [0.25, 0.3) is 0 Å². The van der Waals surface area contributed by atoms with Gasteiger partial charge in [0.2, 0.25) is 0 Å². The van der Waals surface area contributed by atoms with Crippen molar-refractivity contribution in [2.45, 2.75) is 12.8 Å². The maximum Gasteiger partial charge on any atom is 0.573 e. The number of halogens is 4. The summed E-state index contributed by atoms with van der Waals surface area (Å²) in [6.45, 7) is 0.198. The molecule has 0 radical (unpaired) electrons. The summed E-state index contributed by atoms with van der Waals surface area (Å²) in [5.74, 6) is -0.583. The van der Waals surface area contributed by atoms with Crippen LogP contribution in [0.3, 0.4) is 0 Å². The average molecular weight is 451 g/mol. The fourth-order valence-corrected chi connectivity index (χ4v) is 4.74. The fourth-order valence-electron chi connectivity index (χ4n) is 2.72.